The van der Waals surface area contributed by atoms with Gasteiger partial charge >= 0.3 is 5.97 Å². The topological polar surface area (TPSA) is 52.6 Å². The van der Waals surface area contributed by atoms with Crippen LogP contribution >= 0.6 is 0 Å². The van der Waals surface area contributed by atoms with E-state index in [9.17, 15) is 9.59 Å². The molecule has 0 fully saturated rings. The second-order valence-electron chi connectivity index (χ2n) is 4.44. The molecule has 1 rings (SSSR count). The van der Waals surface area contributed by atoms with Crippen molar-refractivity contribution in [1.82, 2.24) is 0 Å². The summed E-state index contributed by atoms with van der Waals surface area (Å²) in [5.41, 5.74) is 0.766. The van der Waals surface area contributed by atoms with Crippen LogP contribution in [0.15, 0.2) is 24.3 Å². The zero-order valence-corrected chi connectivity index (χ0v) is 10.9. The van der Waals surface area contributed by atoms with Crippen molar-refractivity contribution in [2.45, 2.75) is 20.3 Å². The number of carbonyl (C=O) groups excluding carboxylic acids is 2. The Labute approximate surface area is 107 Å². The van der Waals surface area contributed by atoms with Crippen LogP contribution in [0.4, 0.5) is 0 Å². The third kappa shape index (κ3) is 4.57. The second kappa shape index (κ2) is 6.79. The molecular formula is C14H18O4. The van der Waals surface area contributed by atoms with Gasteiger partial charge in [0.15, 0.2) is 0 Å². The van der Waals surface area contributed by atoms with Gasteiger partial charge in [0.1, 0.15) is 5.75 Å². The van der Waals surface area contributed by atoms with Gasteiger partial charge in [0.05, 0.1) is 13.7 Å². The molecule has 4 heteroatoms. The highest BCUT2D eigenvalue weighted by Gasteiger charge is 2.14. The van der Waals surface area contributed by atoms with Crippen LogP contribution in [0, 0.1) is 5.92 Å². The summed E-state index contributed by atoms with van der Waals surface area (Å²) in [5, 5.41) is 0. The van der Waals surface area contributed by atoms with Crippen LogP contribution < -0.4 is 4.74 Å². The molecule has 0 amide bonds. The molecule has 18 heavy (non-hydrogen) atoms. The molecule has 0 spiro atoms. The lowest BCUT2D eigenvalue weighted by Crippen LogP contribution is -2.17. The minimum absolute atomic E-state index is 0.0527. The first-order chi connectivity index (χ1) is 8.52. The fourth-order valence-corrected chi connectivity index (χ4v) is 1.34. The van der Waals surface area contributed by atoms with E-state index in [4.69, 9.17) is 4.74 Å². The normalized spacial score (nSPS) is 10.2. The summed E-state index contributed by atoms with van der Waals surface area (Å²) < 4.78 is 9.88. The molecule has 1 aromatic carbocycles. The van der Waals surface area contributed by atoms with Crippen LogP contribution in [-0.2, 0) is 20.7 Å². The Kier molecular flexibility index (Phi) is 5.36. The molecule has 0 saturated heterocycles. The Morgan fingerprint density at radius 3 is 2.28 bits per heavy atom. The van der Waals surface area contributed by atoms with E-state index in [1.165, 1.54) is 7.11 Å². The van der Waals surface area contributed by atoms with Crippen molar-refractivity contribution < 1.29 is 19.1 Å². The van der Waals surface area contributed by atoms with Crippen molar-refractivity contribution in [2.24, 2.45) is 5.92 Å². The molecule has 0 saturated carbocycles. The molecule has 4 nitrogen and oxygen atoms in total. The zero-order chi connectivity index (χ0) is 13.5. The predicted molar refractivity (Wildman–Crippen MR) is 67.5 cm³/mol. The number of Topliss-reactive ketones (excluding diaryl/α,β-unsaturated/α-hetero) is 1. The molecule has 0 N–H and O–H groups in total. The van der Waals surface area contributed by atoms with E-state index in [1.54, 1.807) is 24.3 Å². The predicted octanol–water partition coefficient (Wildman–Crippen LogP) is 2.01. The van der Waals surface area contributed by atoms with Crippen LogP contribution in [0.25, 0.3) is 0 Å². The first-order valence-corrected chi connectivity index (χ1v) is 5.85. The number of hydrogen-bond donors (Lipinski definition) is 0. The van der Waals surface area contributed by atoms with Crippen molar-refractivity contribution in [3.8, 4) is 5.75 Å². The largest absolute Gasteiger partial charge is 0.493 e. The van der Waals surface area contributed by atoms with Gasteiger partial charge in [0.2, 0.25) is 5.78 Å². The van der Waals surface area contributed by atoms with Gasteiger partial charge in [-0.05, 0) is 23.6 Å². The highest BCUT2D eigenvalue weighted by atomic mass is 16.5. The lowest BCUT2D eigenvalue weighted by atomic mass is 10.1. The van der Waals surface area contributed by atoms with Crippen molar-refractivity contribution in [3.63, 3.8) is 0 Å². The Balaban J connectivity index is 2.55. The van der Waals surface area contributed by atoms with Crippen molar-refractivity contribution >= 4 is 11.8 Å². The molecule has 0 aliphatic carbocycles. The summed E-state index contributed by atoms with van der Waals surface area (Å²) >= 11 is 0. The summed E-state index contributed by atoms with van der Waals surface area (Å²) in [6.45, 7) is 4.80. The first-order valence-electron chi connectivity index (χ1n) is 5.85. The Bertz CT molecular complexity index is 406. The second-order valence-corrected chi connectivity index (χ2v) is 4.44. The lowest BCUT2D eigenvalue weighted by molar-refractivity contribution is -0.151. The summed E-state index contributed by atoms with van der Waals surface area (Å²) in [4.78, 5) is 22.3. The maximum absolute atomic E-state index is 11.3. The van der Waals surface area contributed by atoms with Crippen molar-refractivity contribution in [2.75, 3.05) is 13.7 Å². The van der Waals surface area contributed by atoms with Crippen LogP contribution in [0.2, 0.25) is 0 Å². The third-order valence-corrected chi connectivity index (χ3v) is 2.28. The maximum atomic E-state index is 11.3. The highest BCUT2D eigenvalue weighted by Crippen LogP contribution is 2.13. The van der Waals surface area contributed by atoms with Crippen molar-refractivity contribution in [3.05, 3.63) is 29.8 Å². The number of esters is 1. The van der Waals surface area contributed by atoms with E-state index >= 15 is 0 Å². The van der Waals surface area contributed by atoms with E-state index in [0.717, 1.165) is 11.3 Å². The molecule has 0 radical (unpaired) electrons. The quantitative estimate of drug-likeness (QED) is 0.572. The van der Waals surface area contributed by atoms with Gasteiger partial charge in [-0.25, -0.2) is 4.79 Å². The summed E-state index contributed by atoms with van der Waals surface area (Å²) in [5.74, 6) is -0.132. The Morgan fingerprint density at radius 1 is 1.17 bits per heavy atom. The molecule has 0 unspecified atom stereocenters. The number of rotatable bonds is 6. The molecule has 0 aliphatic heterocycles. The van der Waals surface area contributed by atoms with Gasteiger partial charge < -0.3 is 9.47 Å². The minimum Gasteiger partial charge on any atom is -0.493 e. The standard InChI is InChI=1S/C14H18O4/c1-10(2)9-18-12-6-4-11(5-7-12)8-13(15)14(16)17-3/h4-7,10H,8-9H2,1-3H3. The fourth-order valence-electron chi connectivity index (χ4n) is 1.34. The maximum Gasteiger partial charge on any atom is 0.374 e. The Morgan fingerprint density at radius 2 is 1.78 bits per heavy atom. The van der Waals surface area contributed by atoms with E-state index < -0.39 is 11.8 Å². The summed E-state index contributed by atoms with van der Waals surface area (Å²) in [6, 6.07) is 7.14. The molecule has 98 valence electrons. The molecule has 0 aliphatic rings. The third-order valence-electron chi connectivity index (χ3n) is 2.28. The number of ketones is 1. The van der Waals surface area contributed by atoms with Crippen LogP contribution in [0.1, 0.15) is 19.4 Å². The van der Waals surface area contributed by atoms with Gasteiger partial charge in [0.25, 0.3) is 0 Å². The van der Waals surface area contributed by atoms with E-state index in [2.05, 4.69) is 18.6 Å². The van der Waals surface area contributed by atoms with E-state index in [0.29, 0.717) is 12.5 Å². The Hall–Kier alpha value is -1.84. The molecule has 0 bridgehead atoms. The number of carbonyl (C=O) groups is 2. The van der Waals surface area contributed by atoms with Crippen LogP contribution in [0.3, 0.4) is 0 Å². The fraction of sp³-hybridized carbons (Fsp3) is 0.429. The van der Waals surface area contributed by atoms with E-state index in [1.807, 2.05) is 0 Å². The lowest BCUT2D eigenvalue weighted by Gasteiger charge is -2.08. The van der Waals surface area contributed by atoms with Gasteiger partial charge in [0, 0.05) is 6.42 Å². The number of ether oxygens (including phenoxy) is 2. The van der Waals surface area contributed by atoms with Gasteiger partial charge in [-0.3, -0.25) is 4.79 Å². The smallest absolute Gasteiger partial charge is 0.374 e. The number of hydrogen-bond acceptors (Lipinski definition) is 4. The molecule has 0 heterocycles. The summed E-state index contributed by atoms with van der Waals surface area (Å²) in [6.07, 6.45) is 0.0527. The minimum atomic E-state index is -0.810. The highest BCUT2D eigenvalue weighted by molar-refractivity contribution is 6.34. The zero-order valence-electron chi connectivity index (χ0n) is 10.9. The van der Waals surface area contributed by atoms with Gasteiger partial charge in [-0.15, -0.1) is 0 Å². The first kappa shape index (κ1) is 14.2. The summed E-state index contributed by atoms with van der Waals surface area (Å²) in [7, 11) is 1.20. The van der Waals surface area contributed by atoms with Crippen molar-refractivity contribution in [1.29, 1.82) is 0 Å². The molecule has 0 aromatic heterocycles. The average molecular weight is 250 g/mol. The molecule has 0 atom stereocenters. The molecule has 1 aromatic rings. The molecular weight excluding hydrogens is 232 g/mol. The van der Waals surface area contributed by atoms with Gasteiger partial charge in [-0.2, -0.15) is 0 Å². The van der Waals surface area contributed by atoms with Crippen LogP contribution in [-0.4, -0.2) is 25.5 Å². The van der Waals surface area contributed by atoms with Gasteiger partial charge in [-0.1, -0.05) is 26.0 Å². The number of methoxy groups -OCH3 is 1. The van der Waals surface area contributed by atoms with Crippen LogP contribution in [0.5, 0.6) is 5.75 Å². The SMILES string of the molecule is COC(=O)C(=O)Cc1ccc(OCC(C)C)cc1. The monoisotopic (exact) mass is 250 g/mol. The van der Waals surface area contributed by atoms with E-state index in [-0.39, 0.29) is 6.42 Å². The average Bonchev–Trinajstić information content (AvgIpc) is 2.36. The number of benzene rings is 1.